The first-order chi connectivity index (χ1) is 15.0. The number of aliphatic hydroxyl groups is 2. The summed E-state index contributed by atoms with van der Waals surface area (Å²) in [5.41, 5.74) is 5.65. The molecule has 0 amide bonds. The second kappa shape index (κ2) is 10.6. The Morgan fingerprint density at radius 1 is 0.875 bits per heavy atom. The minimum Gasteiger partial charge on any atom is -0.479 e. The van der Waals surface area contributed by atoms with E-state index < -0.39 is 24.1 Å². The molecule has 8 nitrogen and oxygen atoms in total. The molecule has 1 heterocycles. The van der Waals surface area contributed by atoms with Gasteiger partial charge in [0, 0.05) is 23.3 Å². The summed E-state index contributed by atoms with van der Waals surface area (Å²) in [5.74, 6) is -3.54. The van der Waals surface area contributed by atoms with E-state index in [0.29, 0.717) is 0 Å². The number of anilines is 2. The van der Waals surface area contributed by atoms with E-state index in [1.165, 1.54) is 22.5 Å². The van der Waals surface area contributed by atoms with Gasteiger partial charge in [-0.1, -0.05) is 50.2 Å². The molecule has 0 spiro atoms. The second-order valence-corrected chi connectivity index (χ2v) is 8.53. The van der Waals surface area contributed by atoms with Crippen LogP contribution in [0.1, 0.15) is 31.4 Å². The lowest BCUT2D eigenvalue weighted by atomic mass is 9.73. The Kier molecular flexibility index (Phi) is 8.38. The van der Waals surface area contributed by atoms with Crippen LogP contribution in [0, 0.1) is 0 Å². The minimum atomic E-state index is -2.27. The molecule has 32 heavy (non-hydrogen) atoms. The number of aliphatic carboxylic acids is 2. The number of para-hydroxylation sites is 2. The number of carboxylic acids is 2. The first kappa shape index (κ1) is 25.3. The normalized spacial score (nSPS) is 15.7. The van der Waals surface area contributed by atoms with Crippen molar-refractivity contribution >= 4 is 23.3 Å². The number of hydrogen-bond acceptors (Lipinski definition) is 6. The number of hydrogen-bond donors (Lipinski definition) is 4. The molecule has 2 aromatic rings. The maximum atomic E-state index is 9.77. The number of benzene rings is 2. The van der Waals surface area contributed by atoms with E-state index >= 15 is 0 Å². The average molecular weight is 445 g/mol. The smallest absolute Gasteiger partial charge is 0.335 e. The molecule has 0 radical (unpaired) electrons. The predicted molar refractivity (Wildman–Crippen MR) is 122 cm³/mol. The summed E-state index contributed by atoms with van der Waals surface area (Å²) in [6.45, 7) is 6.84. The van der Waals surface area contributed by atoms with Crippen LogP contribution in [0.15, 0.2) is 48.5 Å². The summed E-state index contributed by atoms with van der Waals surface area (Å²) >= 11 is 0. The van der Waals surface area contributed by atoms with Gasteiger partial charge in [0.05, 0.1) is 0 Å². The zero-order chi connectivity index (χ0) is 24.1. The number of fused-ring (bicyclic) bond motifs is 2. The molecular formula is C24H32N2O6. The molecule has 3 rings (SSSR count). The SMILES string of the molecule is CN(C)CCCN1c2ccccc2C(C)(C)c2ccccc21.O=C(O)[C@H](O)[C@@H](O)C(=O)O. The largest absolute Gasteiger partial charge is 0.479 e. The lowest BCUT2D eigenvalue weighted by Crippen LogP contribution is -2.39. The van der Waals surface area contributed by atoms with Crippen molar-refractivity contribution in [2.75, 3.05) is 32.1 Å². The van der Waals surface area contributed by atoms with Crippen LogP contribution in [0.2, 0.25) is 0 Å². The number of nitrogens with zero attached hydrogens (tertiary/aromatic N) is 2. The van der Waals surface area contributed by atoms with Crippen molar-refractivity contribution in [3.8, 4) is 0 Å². The molecule has 0 saturated heterocycles. The van der Waals surface area contributed by atoms with Gasteiger partial charge in [0.25, 0.3) is 0 Å². The van der Waals surface area contributed by atoms with Gasteiger partial charge in [-0.2, -0.15) is 0 Å². The highest BCUT2D eigenvalue weighted by Gasteiger charge is 2.35. The van der Waals surface area contributed by atoms with Crippen molar-refractivity contribution in [3.63, 3.8) is 0 Å². The van der Waals surface area contributed by atoms with Crippen molar-refractivity contribution in [1.29, 1.82) is 0 Å². The summed E-state index contributed by atoms with van der Waals surface area (Å²) in [6, 6.07) is 17.7. The Morgan fingerprint density at radius 3 is 1.66 bits per heavy atom. The number of carbonyl (C=O) groups is 2. The van der Waals surface area contributed by atoms with Crippen molar-refractivity contribution < 1.29 is 30.0 Å². The zero-order valence-electron chi connectivity index (χ0n) is 18.9. The van der Waals surface area contributed by atoms with Gasteiger partial charge < -0.3 is 30.2 Å². The maximum Gasteiger partial charge on any atom is 0.335 e. The average Bonchev–Trinajstić information content (AvgIpc) is 2.75. The van der Waals surface area contributed by atoms with Crippen LogP contribution in [0.4, 0.5) is 11.4 Å². The molecule has 174 valence electrons. The number of carboxylic acid groups (broad SMARTS) is 2. The fourth-order valence-electron chi connectivity index (χ4n) is 3.81. The van der Waals surface area contributed by atoms with Crippen LogP contribution in [0.5, 0.6) is 0 Å². The van der Waals surface area contributed by atoms with E-state index in [1.807, 2.05) is 0 Å². The van der Waals surface area contributed by atoms with E-state index in [1.54, 1.807) is 0 Å². The molecule has 1 aliphatic heterocycles. The topological polar surface area (TPSA) is 122 Å². The van der Waals surface area contributed by atoms with Gasteiger partial charge in [-0.05, 0) is 50.3 Å². The summed E-state index contributed by atoms with van der Waals surface area (Å²) in [7, 11) is 4.28. The van der Waals surface area contributed by atoms with Gasteiger partial charge in [-0.3, -0.25) is 0 Å². The third kappa shape index (κ3) is 5.64. The van der Waals surface area contributed by atoms with Crippen LogP contribution in [-0.4, -0.2) is 76.7 Å². The van der Waals surface area contributed by atoms with Gasteiger partial charge in [-0.25, -0.2) is 9.59 Å². The second-order valence-electron chi connectivity index (χ2n) is 8.53. The molecule has 4 N–H and O–H groups in total. The van der Waals surface area contributed by atoms with Gasteiger partial charge >= 0.3 is 11.9 Å². The Balaban J connectivity index is 0.000000309. The standard InChI is InChI=1S/C20H26N2.C4H6O6/c1-20(2)16-10-5-7-12-18(16)22(15-9-14-21(3)4)19-13-8-6-11-17(19)20;5-1(3(7)8)2(6)4(9)10/h5-8,10-13H,9,14-15H2,1-4H3;1-2,5-6H,(H,7,8)(H,9,10)/t;1-,2-/m.1/s1. The Hall–Kier alpha value is -2.94. The third-order valence-corrected chi connectivity index (χ3v) is 5.53. The molecule has 0 aromatic heterocycles. The molecule has 2 aromatic carbocycles. The van der Waals surface area contributed by atoms with Crippen LogP contribution >= 0.6 is 0 Å². The van der Waals surface area contributed by atoms with Gasteiger partial charge in [0.1, 0.15) is 0 Å². The molecule has 1 aliphatic rings. The van der Waals surface area contributed by atoms with Gasteiger partial charge in [0.15, 0.2) is 12.2 Å². The van der Waals surface area contributed by atoms with Crippen LogP contribution in [0.3, 0.4) is 0 Å². The van der Waals surface area contributed by atoms with Crippen molar-refractivity contribution in [2.24, 2.45) is 0 Å². The monoisotopic (exact) mass is 444 g/mol. The van der Waals surface area contributed by atoms with Gasteiger partial charge in [-0.15, -0.1) is 0 Å². The molecule has 0 bridgehead atoms. The van der Waals surface area contributed by atoms with Crippen LogP contribution < -0.4 is 4.90 Å². The Morgan fingerprint density at radius 2 is 1.28 bits per heavy atom. The lowest BCUT2D eigenvalue weighted by molar-refractivity contribution is -0.165. The summed E-state index contributed by atoms with van der Waals surface area (Å²) in [6.07, 6.45) is -3.37. The Bertz CT molecular complexity index is 876. The van der Waals surface area contributed by atoms with E-state index in [-0.39, 0.29) is 5.41 Å². The minimum absolute atomic E-state index is 0.0607. The summed E-state index contributed by atoms with van der Waals surface area (Å²) in [5, 5.41) is 32.5. The summed E-state index contributed by atoms with van der Waals surface area (Å²) in [4.78, 5) is 24.3. The van der Waals surface area contributed by atoms with E-state index in [2.05, 4.69) is 86.3 Å². The highest BCUT2D eigenvalue weighted by atomic mass is 16.4. The highest BCUT2D eigenvalue weighted by molar-refractivity contribution is 5.83. The predicted octanol–water partition coefficient (Wildman–Crippen LogP) is 2.29. The van der Waals surface area contributed by atoms with E-state index in [0.717, 1.165) is 19.5 Å². The molecule has 0 fully saturated rings. The molecule has 0 aliphatic carbocycles. The maximum absolute atomic E-state index is 9.77. The number of aliphatic hydroxyl groups excluding tert-OH is 2. The molecule has 0 unspecified atom stereocenters. The van der Waals surface area contributed by atoms with Crippen LogP contribution in [-0.2, 0) is 15.0 Å². The summed E-state index contributed by atoms with van der Waals surface area (Å²) < 4.78 is 0. The van der Waals surface area contributed by atoms with Crippen molar-refractivity contribution in [1.82, 2.24) is 4.90 Å². The van der Waals surface area contributed by atoms with Crippen LogP contribution in [0.25, 0.3) is 0 Å². The third-order valence-electron chi connectivity index (χ3n) is 5.53. The fourth-order valence-corrected chi connectivity index (χ4v) is 3.81. The zero-order valence-corrected chi connectivity index (χ0v) is 18.9. The van der Waals surface area contributed by atoms with Gasteiger partial charge in [0.2, 0.25) is 0 Å². The number of rotatable bonds is 7. The quantitative estimate of drug-likeness (QED) is 0.513. The first-order valence-corrected chi connectivity index (χ1v) is 10.4. The molecular weight excluding hydrogens is 412 g/mol. The highest BCUT2D eigenvalue weighted by Crippen LogP contribution is 2.48. The first-order valence-electron chi connectivity index (χ1n) is 10.4. The molecule has 2 atom stereocenters. The van der Waals surface area contributed by atoms with E-state index in [4.69, 9.17) is 20.4 Å². The van der Waals surface area contributed by atoms with Crippen molar-refractivity contribution in [3.05, 3.63) is 59.7 Å². The fraction of sp³-hybridized carbons (Fsp3) is 0.417. The van der Waals surface area contributed by atoms with E-state index in [9.17, 15) is 9.59 Å². The van der Waals surface area contributed by atoms with Crippen molar-refractivity contribution in [2.45, 2.75) is 37.9 Å². The lowest BCUT2D eigenvalue weighted by Gasteiger charge is -2.42. The Labute approximate surface area is 188 Å². The molecule has 8 heteroatoms. The molecule has 0 saturated carbocycles.